The highest BCUT2D eigenvalue weighted by Crippen LogP contribution is 2.21. The molecule has 110 valence electrons. The second-order valence-corrected chi connectivity index (χ2v) is 5.33. The molecule has 2 rings (SSSR count). The van der Waals surface area contributed by atoms with Gasteiger partial charge in [0.25, 0.3) is 5.91 Å². The highest BCUT2D eigenvalue weighted by molar-refractivity contribution is 9.10. The number of anilines is 1. The molecule has 2 N–H and O–H groups in total. The third-order valence-corrected chi connectivity index (χ3v) is 3.77. The topological polar surface area (TPSA) is 41.1 Å². The van der Waals surface area contributed by atoms with Crippen molar-refractivity contribution >= 4 is 27.5 Å². The fraction of sp³-hybridized carbons (Fsp3) is 0.188. The van der Waals surface area contributed by atoms with E-state index in [0.717, 1.165) is 18.7 Å². The zero-order chi connectivity index (χ0) is 15.2. The van der Waals surface area contributed by atoms with E-state index in [0.29, 0.717) is 5.69 Å². The van der Waals surface area contributed by atoms with Crippen LogP contribution in [0.25, 0.3) is 0 Å². The lowest BCUT2D eigenvalue weighted by Gasteiger charge is -2.09. The van der Waals surface area contributed by atoms with Crippen molar-refractivity contribution in [3.63, 3.8) is 0 Å². The Morgan fingerprint density at radius 1 is 1.24 bits per heavy atom. The van der Waals surface area contributed by atoms with Gasteiger partial charge in [0.2, 0.25) is 0 Å². The van der Waals surface area contributed by atoms with Gasteiger partial charge in [-0.2, -0.15) is 0 Å². The Hall–Kier alpha value is -1.72. The van der Waals surface area contributed by atoms with Crippen LogP contribution < -0.4 is 10.6 Å². The number of hydrogen-bond donors (Lipinski definition) is 2. The molecule has 1 amide bonds. The van der Waals surface area contributed by atoms with E-state index in [2.05, 4.69) is 26.6 Å². The lowest BCUT2D eigenvalue weighted by Crippen LogP contribution is -2.14. The Balaban J connectivity index is 2.14. The molecule has 0 heterocycles. The highest BCUT2D eigenvalue weighted by Gasteiger charge is 2.13. The molecule has 2 aromatic rings. The summed E-state index contributed by atoms with van der Waals surface area (Å²) >= 11 is 3.10. The van der Waals surface area contributed by atoms with Gasteiger partial charge in [-0.15, -0.1) is 0 Å². The third-order valence-electron chi connectivity index (χ3n) is 2.96. The number of carbonyl (C=O) groups is 1. The van der Waals surface area contributed by atoms with Gasteiger partial charge < -0.3 is 10.6 Å². The molecule has 0 unspecified atom stereocenters. The van der Waals surface area contributed by atoms with Crippen LogP contribution in [0.5, 0.6) is 0 Å². The van der Waals surface area contributed by atoms with E-state index in [1.165, 1.54) is 12.1 Å². The van der Waals surface area contributed by atoms with Gasteiger partial charge in [-0.1, -0.05) is 25.1 Å². The molecular formula is C16H16BrFN2O. The zero-order valence-electron chi connectivity index (χ0n) is 11.6. The van der Waals surface area contributed by atoms with Crippen LogP contribution in [0, 0.1) is 5.82 Å². The van der Waals surface area contributed by atoms with Crippen LogP contribution in [-0.4, -0.2) is 12.5 Å². The first kappa shape index (κ1) is 15.7. The molecule has 3 nitrogen and oxygen atoms in total. The average molecular weight is 351 g/mol. The van der Waals surface area contributed by atoms with Crippen LogP contribution in [-0.2, 0) is 6.54 Å². The number of carbonyl (C=O) groups excluding carboxylic acids is 1. The SMILES string of the molecule is CCNCc1cccc(NC(=O)c2cccc(F)c2Br)c1. The molecule has 0 saturated carbocycles. The van der Waals surface area contributed by atoms with Crippen molar-refractivity contribution < 1.29 is 9.18 Å². The molecule has 0 spiro atoms. The van der Waals surface area contributed by atoms with E-state index in [1.54, 1.807) is 12.1 Å². The number of halogens is 2. The lowest BCUT2D eigenvalue weighted by molar-refractivity contribution is 0.102. The molecule has 0 atom stereocenters. The maximum absolute atomic E-state index is 13.4. The van der Waals surface area contributed by atoms with Crippen LogP contribution in [0.2, 0.25) is 0 Å². The normalized spacial score (nSPS) is 10.4. The summed E-state index contributed by atoms with van der Waals surface area (Å²) in [5.74, 6) is -0.800. The summed E-state index contributed by atoms with van der Waals surface area (Å²) in [5, 5.41) is 6.00. The fourth-order valence-electron chi connectivity index (χ4n) is 1.91. The van der Waals surface area contributed by atoms with E-state index in [4.69, 9.17) is 0 Å². The molecule has 0 aromatic heterocycles. The van der Waals surface area contributed by atoms with Gasteiger partial charge in [0.05, 0.1) is 10.0 Å². The van der Waals surface area contributed by atoms with Gasteiger partial charge >= 0.3 is 0 Å². The largest absolute Gasteiger partial charge is 0.322 e. The summed E-state index contributed by atoms with van der Waals surface area (Å²) in [6.07, 6.45) is 0. The Morgan fingerprint density at radius 3 is 2.76 bits per heavy atom. The molecule has 0 aliphatic heterocycles. The number of nitrogens with one attached hydrogen (secondary N) is 2. The Kier molecular flexibility index (Phi) is 5.47. The monoisotopic (exact) mass is 350 g/mol. The molecule has 0 radical (unpaired) electrons. The number of amides is 1. The second kappa shape index (κ2) is 7.33. The van der Waals surface area contributed by atoms with Crippen LogP contribution >= 0.6 is 15.9 Å². The predicted molar refractivity (Wildman–Crippen MR) is 85.9 cm³/mol. The van der Waals surface area contributed by atoms with Crippen LogP contribution in [0.1, 0.15) is 22.8 Å². The smallest absolute Gasteiger partial charge is 0.256 e. The summed E-state index contributed by atoms with van der Waals surface area (Å²) in [6, 6.07) is 12.0. The van der Waals surface area contributed by atoms with Crippen LogP contribution in [0.4, 0.5) is 10.1 Å². The van der Waals surface area contributed by atoms with E-state index >= 15 is 0 Å². The number of benzene rings is 2. The summed E-state index contributed by atoms with van der Waals surface area (Å²) in [5.41, 5.74) is 2.03. The maximum atomic E-state index is 13.4. The van der Waals surface area contributed by atoms with Crippen LogP contribution in [0.15, 0.2) is 46.9 Å². The van der Waals surface area contributed by atoms with Gasteiger partial charge in [0, 0.05) is 12.2 Å². The zero-order valence-corrected chi connectivity index (χ0v) is 13.2. The van der Waals surface area contributed by atoms with Crippen molar-refractivity contribution in [2.24, 2.45) is 0 Å². The molecule has 2 aromatic carbocycles. The molecule has 0 aliphatic rings. The number of hydrogen-bond acceptors (Lipinski definition) is 2. The number of rotatable bonds is 5. The first-order valence-electron chi connectivity index (χ1n) is 6.67. The molecule has 5 heteroatoms. The summed E-state index contributed by atoms with van der Waals surface area (Å²) in [4.78, 5) is 12.2. The second-order valence-electron chi connectivity index (χ2n) is 4.54. The third kappa shape index (κ3) is 4.12. The van der Waals surface area contributed by atoms with E-state index in [-0.39, 0.29) is 15.9 Å². The van der Waals surface area contributed by atoms with E-state index < -0.39 is 5.82 Å². The van der Waals surface area contributed by atoms with E-state index in [1.807, 2.05) is 25.1 Å². The van der Waals surface area contributed by atoms with Gasteiger partial charge in [-0.3, -0.25) is 4.79 Å². The van der Waals surface area contributed by atoms with Crippen molar-refractivity contribution in [2.75, 3.05) is 11.9 Å². The highest BCUT2D eigenvalue weighted by atomic mass is 79.9. The summed E-state index contributed by atoms with van der Waals surface area (Å²) in [6.45, 7) is 3.66. The van der Waals surface area contributed by atoms with Crippen LogP contribution in [0.3, 0.4) is 0 Å². The molecule has 21 heavy (non-hydrogen) atoms. The van der Waals surface area contributed by atoms with Gasteiger partial charge in [-0.05, 0) is 52.3 Å². The fourth-order valence-corrected chi connectivity index (χ4v) is 2.35. The molecule has 0 aliphatic carbocycles. The van der Waals surface area contributed by atoms with Crippen molar-refractivity contribution in [3.05, 3.63) is 63.9 Å². The Labute approximate surface area is 131 Å². The minimum Gasteiger partial charge on any atom is -0.322 e. The van der Waals surface area contributed by atoms with Gasteiger partial charge in [0.1, 0.15) is 5.82 Å². The average Bonchev–Trinajstić information content (AvgIpc) is 2.48. The van der Waals surface area contributed by atoms with Gasteiger partial charge in [-0.25, -0.2) is 4.39 Å². The standard InChI is InChI=1S/C16H16BrFN2O/c1-2-19-10-11-5-3-6-12(9-11)20-16(21)13-7-4-8-14(18)15(13)17/h3-9,19H,2,10H2,1H3,(H,20,21). The Bertz CT molecular complexity index is 646. The molecular weight excluding hydrogens is 335 g/mol. The molecule has 0 saturated heterocycles. The predicted octanol–water partition coefficient (Wildman–Crippen LogP) is 3.95. The molecule has 0 bridgehead atoms. The minimum atomic E-state index is -0.455. The van der Waals surface area contributed by atoms with Crippen molar-refractivity contribution in [2.45, 2.75) is 13.5 Å². The summed E-state index contributed by atoms with van der Waals surface area (Å²) in [7, 11) is 0. The first-order chi connectivity index (χ1) is 10.1. The van der Waals surface area contributed by atoms with Crippen molar-refractivity contribution in [1.82, 2.24) is 5.32 Å². The maximum Gasteiger partial charge on any atom is 0.256 e. The first-order valence-corrected chi connectivity index (χ1v) is 7.46. The van der Waals surface area contributed by atoms with Crippen molar-refractivity contribution in [1.29, 1.82) is 0 Å². The van der Waals surface area contributed by atoms with E-state index in [9.17, 15) is 9.18 Å². The van der Waals surface area contributed by atoms with Gasteiger partial charge in [0.15, 0.2) is 0 Å². The minimum absolute atomic E-state index is 0.173. The summed E-state index contributed by atoms with van der Waals surface area (Å²) < 4.78 is 13.6. The van der Waals surface area contributed by atoms with Crippen molar-refractivity contribution in [3.8, 4) is 0 Å². The Morgan fingerprint density at radius 2 is 2.00 bits per heavy atom. The quantitative estimate of drug-likeness (QED) is 0.857. The molecule has 0 fully saturated rings. The lowest BCUT2D eigenvalue weighted by atomic mass is 10.1.